The minimum absolute atomic E-state index is 0.00370. The number of hydrogen-bond donors (Lipinski definition) is 2. The molecule has 1 unspecified atom stereocenters. The number of nitrogens with zero attached hydrogens (tertiary/aromatic N) is 1. The molecule has 2 heterocycles. The fraction of sp³-hybridized carbons (Fsp3) is 0.360. The van der Waals surface area contributed by atoms with Gasteiger partial charge in [-0.1, -0.05) is 30.3 Å². The molecule has 2 N–H and O–H groups in total. The van der Waals surface area contributed by atoms with Gasteiger partial charge in [-0.15, -0.1) is 0 Å². The number of hydrogen-bond acceptors (Lipinski definition) is 3. The smallest absolute Gasteiger partial charge is 0.270 e. The molecule has 4 rings (SSSR count). The number of methoxy groups -OCH3 is 1. The summed E-state index contributed by atoms with van der Waals surface area (Å²) in [6.45, 7) is 3.35. The Hall–Kier alpha value is -3.28. The summed E-state index contributed by atoms with van der Waals surface area (Å²) < 4.78 is 5.25. The highest BCUT2D eigenvalue weighted by Gasteiger charge is 2.26. The molecular weight excluding hydrogens is 390 g/mol. The molecule has 1 saturated heterocycles. The number of carbonyl (C=O) groups is 2. The Morgan fingerprint density at radius 3 is 2.58 bits per heavy atom. The number of piperidine rings is 1. The Bertz CT molecular complexity index is 1050. The third kappa shape index (κ3) is 4.90. The number of ether oxygens (including phenoxy) is 1. The number of benzene rings is 2. The summed E-state index contributed by atoms with van der Waals surface area (Å²) in [7, 11) is 1.63. The summed E-state index contributed by atoms with van der Waals surface area (Å²) in [6.07, 6.45) is 2.19. The molecule has 1 fully saturated rings. The third-order valence-corrected chi connectivity index (χ3v) is 6.11. The van der Waals surface area contributed by atoms with Gasteiger partial charge >= 0.3 is 0 Å². The van der Waals surface area contributed by atoms with Crippen LogP contribution in [0.25, 0.3) is 10.9 Å². The van der Waals surface area contributed by atoms with Crippen LogP contribution in [-0.2, 0) is 4.79 Å². The van der Waals surface area contributed by atoms with Crippen molar-refractivity contribution in [2.75, 3.05) is 20.2 Å². The van der Waals surface area contributed by atoms with Crippen LogP contribution in [0.4, 0.5) is 0 Å². The molecule has 2 amide bonds. The zero-order valence-corrected chi connectivity index (χ0v) is 18.1. The number of fused-ring (bicyclic) bond motifs is 1. The molecule has 31 heavy (non-hydrogen) atoms. The molecule has 1 atom stereocenters. The van der Waals surface area contributed by atoms with E-state index in [1.165, 1.54) is 0 Å². The molecule has 6 nitrogen and oxygen atoms in total. The minimum atomic E-state index is -0.00370. The van der Waals surface area contributed by atoms with Gasteiger partial charge in [0.25, 0.3) is 5.91 Å². The lowest BCUT2D eigenvalue weighted by Crippen LogP contribution is -2.40. The largest absolute Gasteiger partial charge is 0.497 e. The zero-order valence-electron chi connectivity index (χ0n) is 18.1. The fourth-order valence-corrected chi connectivity index (χ4v) is 4.25. The van der Waals surface area contributed by atoms with Crippen molar-refractivity contribution in [3.63, 3.8) is 0 Å². The lowest BCUT2D eigenvalue weighted by molar-refractivity contribution is -0.122. The van der Waals surface area contributed by atoms with E-state index in [-0.39, 0.29) is 17.9 Å². The second kappa shape index (κ2) is 9.25. The molecule has 0 saturated carbocycles. The van der Waals surface area contributed by atoms with Crippen molar-refractivity contribution in [1.29, 1.82) is 0 Å². The maximum Gasteiger partial charge on any atom is 0.270 e. The van der Waals surface area contributed by atoms with Crippen LogP contribution in [0.2, 0.25) is 0 Å². The average molecular weight is 420 g/mol. The van der Waals surface area contributed by atoms with Crippen molar-refractivity contribution in [2.45, 2.75) is 32.2 Å². The highest BCUT2D eigenvalue weighted by molar-refractivity contribution is 5.98. The number of likely N-dealkylation sites (tertiary alicyclic amines) is 1. The molecule has 0 aliphatic carbocycles. The first-order valence-corrected chi connectivity index (χ1v) is 10.8. The first-order chi connectivity index (χ1) is 15.0. The van der Waals surface area contributed by atoms with Crippen LogP contribution in [0, 0.1) is 5.92 Å². The van der Waals surface area contributed by atoms with Crippen LogP contribution < -0.4 is 10.1 Å². The monoisotopic (exact) mass is 419 g/mol. The molecule has 0 spiro atoms. The van der Waals surface area contributed by atoms with Crippen LogP contribution >= 0.6 is 0 Å². The minimum Gasteiger partial charge on any atom is -0.497 e. The molecular formula is C25H29N3O3. The van der Waals surface area contributed by atoms with Gasteiger partial charge in [-0.25, -0.2) is 0 Å². The van der Waals surface area contributed by atoms with E-state index >= 15 is 0 Å². The van der Waals surface area contributed by atoms with E-state index in [0.717, 1.165) is 35.1 Å². The van der Waals surface area contributed by atoms with E-state index < -0.39 is 0 Å². The second-order valence-corrected chi connectivity index (χ2v) is 8.28. The number of H-pyrrole nitrogens is 1. The first-order valence-electron chi connectivity index (χ1n) is 10.8. The van der Waals surface area contributed by atoms with Gasteiger partial charge in [0.1, 0.15) is 11.4 Å². The number of rotatable bonds is 6. The first kappa shape index (κ1) is 21.0. The van der Waals surface area contributed by atoms with Crippen LogP contribution in [0.5, 0.6) is 5.75 Å². The van der Waals surface area contributed by atoms with Gasteiger partial charge in [-0.2, -0.15) is 0 Å². The zero-order chi connectivity index (χ0) is 21.8. The maximum atomic E-state index is 12.9. The lowest BCUT2D eigenvalue weighted by Gasteiger charge is -2.31. The van der Waals surface area contributed by atoms with Gasteiger partial charge in [0.15, 0.2) is 0 Å². The molecule has 162 valence electrons. The summed E-state index contributed by atoms with van der Waals surface area (Å²) in [5.41, 5.74) is 2.59. The van der Waals surface area contributed by atoms with Gasteiger partial charge < -0.3 is 19.9 Å². The molecule has 0 radical (unpaired) electrons. The number of nitrogens with one attached hydrogen (secondary N) is 2. The number of carbonyl (C=O) groups excluding carboxylic acids is 2. The number of aromatic nitrogens is 1. The van der Waals surface area contributed by atoms with Crippen LogP contribution in [0.1, 0.15) is 48.3 Å². The standard InChI is InChI=1S/C25H29N3O3/c1-17(19-6-4-3-5-7-19)26-24(29)14-18-10-12-28(13-11-18)25(30)23-15-20-8-9-21(31-2)16-22(20)27-23/h3-9,15-18,27H,10-14H2,1-2H3,(H,26,29). The van der Waals surface area contributed by atoms with E-state index in [1.54, 1.807) is 7.11 Å². The Balaban J connectivity index is 1.29. The summed E-state index contributed by atoms with van der Waals surface area (Å²) in [4.78, 5) is 30.5. The summed E-state index contributed by atoms with van der Waals surface area (Å²) in [5.74, 6) is 1.15. The van der Waals surface area contributed by atoms with Crippen molar-refractivity contribution < 1.29 is 14.3 Å². The topological polar surface area (TPSA) is 74.4 Å². The molecule has 1 aromatic heterocycles. The number of amides is 2. The van der Waals surface area contributed by atoms with E-state index in [2.05, 4.69) is 10.3 Å². The molecule has 0 bridgehead atoms. The lowest BCUT2D eigenvalue weighted by atomic mass is 9.92. The van der Waals surface area contributed by atoms with Gasteiger partial charge in [0, 0.05) is 36.5 Å². The van der Waals surface area contributed by atoms with E-state index in [0.29, 0.717) is 31.1 Å². The number of aromatic amines is 1. The SMILES string of the molecule is COc1ccc2cc(C(=O)N3CCC(CC(=O)NC(C)c4ccccc4)CC3)[nH]c2c1. The van der Waals surface area contributed by atoms with Crippen molar-refractivity contribution in [2.24, 2.45) is 5.92 Å². The summed E-state index contributed by atoms with van der Waals surface area (Å²) >= 11 is 0. The van der Waals surface area contributed by atoms with Gasteiger partial charge in [-0.3, -0.25) is 9.59 Å². The van der Waals surface area contributed by atoms with Crippen molar-refractivity contribution in [1.82, 2.24) is 15.2 Å². The van der Waals surface area contributed by atoms with Gasteiger partial charge in [-0.05, 0) is 49.4 Å². The van der Waals surface area contributed by atoms with Crippen molar-refractivity contribution in [3.8, 4) is 5.75 Å². The second-order valence-electron chi connectivity index (χ2n) is 8.28. The van der Waals surface area contributed by atoms with E-state index in [9.17, 15) is 9.59 Å². The van der Waals surface area contributed by atoms with E-state index in [4.69, 9.17) is 4.74 Å². The van der Waals surface area contributed by atoms with Crippen LogP contribution in [-0.4, -0.2) is 41.9 Å². The van der Waals surface area contributed by atoms with E-state index in [1.807, 2.05) is 66.4 Å². The Labute approximate surface area is 182 Å². The van der Waals surface area contributed by atoms with Crippen LogP contribution in [0.3, 0.4) is 0 Å². The molecule has 2 aromatic carbocycles. The average Bonchev–Trinajstić information content (AvgIpc) is 3.23. The van der Waals surface area contributed by atoms with Gasteiger partial charge in [0.2, 0.25) is 5.91 Å². The van der Waals surface area contributed by atoms with Crippen LogP contribution in [0.15, 0.2) is 54.6 Å². The Kier molecular flexibility index (Phi) is 6.26. The maximum absolute atomic E-state index is 12.9. The third-order valence-electron chi connectivity index (χ3n) is 6.11. The van der Waals surface area contributed by atoms with Crippen molar-refractivity contribution in [3.05, 3.63) is 65.9 Å². The Morgan fingerprint density at radius 1 is 1.13 bits per heavy atom. The molecule has 3 aromatic rings. The summed E-state index contributed by atoms with van der Waals surface area (Å²) in [6, 6.07) is 17.6. The fourth-order valence-electron chi connectivity index (χ4n) is 4.25. The normalized spacial score (nSPS) is 15.6. The Morgan fingerprint density at radius 2 is 1.87 bits per heavy atom. The highest BCUT2D eigenvalue weighted by Crippen LogP contribution is 2.25. The molecule has 1 aliphatic heterocycles. The summed E-state index contributed by atoms with van der Waals surface area (Å²) in [5, 5.41) is 4.08. The molecule has 6 heteroatoms. The molecule has 1 aliphatic rings. The quantitative estimate of drug-likeness (QED) is 0.626. The highest BCUT2D eigenvalue weighted by atomic mass is 16.5. The predicted octanol–water partition coefficient (Wildman–Crippen LogP) is 4.30. The predicted molar refractivity (Wildman–Crippen MR) is 121 cm³/mol. The van der Waals surface area contributed by atoms with Gasteiger partial charge in [0.05, 0.1) is 13.2 Å². The van der Waals surface area contributed by atoms with Crippen molar-refractivity contribution >= 4 is 22.7 Å².